The lowest BCUT2D eigenvalue weighted by molar-refractivity contribution is -0.277. The van der Waals surface area contributed by atoms with Gasteiger partial charge in [0.15, 0.2) is 12.8 Å². The Morgan fingerprint density at radius 3 is 2.40 bits per heavy atom. The van der Waals surface area contributed by atoms with Gasteiger partial charge in [0, 0.05) is 18.7 Å². The Kier molecular flexibility index (Phi) is 8.64. The number of aliphatic hydroxyl groups excluding tert-OH is 3. The molecule has 6 N–H and O–H groups in total. The summed E-state index contributed by atoms with van der Waals surface area (Å²) < 4.78 is 11.8. The number of fused-ring (bicyclic) bond motifs is 7. The van der Waals surface area contributed by atoms with E-state index in [-0.39, 0.29) is 35.4 Å². The molecule has 7 aliphatic rings. The number of hydrogen-bond acceptors (Lipinski definition) is 10. The lowest BCUT2D eigenvalue weighted by Crippen LogP contribution is -2.69. The van der Waals surface area contributed by atoms with Crippen LogP contribution in [0, 0.1) is 51.8 Å². The number of ether oxygens (including phenoxy) is 2. The van der Waals surface area contributed by atoms with E-state index in [1.807, 2.05) is 17.3 Å². The first-order valence-corrected chi connectivity index (χ1v) is 18.3. The molecular formula is C37H56N2O9. The van der Waals surface area contributed by atoms with Crippen LogP contribution in [0.15, 0.2) is 23.9 Å². The monoisotopic (exact) mass is 672 g/mol. The highest BCUT2D eigenvalue weighted by Crippen LogP contribution is 2.71. The Bertz CT molecular complexity index is 1350. The van der Waals surface area contributed by atoms with Gasteiger partial charge in [0.25, 0.3) is 0 Å². The van der Waals surface area contributed by atoms with E-state index in [1.54, 1.807) is 6.92 Å². The highest BCUT2D eigenvalue weighted by atomic mass is 16.6. The summed E-state index contributed by atoms with van der Waals surface area (Å²) in [5, 5.41) is 55.7. The summed E-state index contributed by atoms with van der Waals surface area (Å²) >= 11 is 0. The minimum Gasteiger partial charge on any atom is -0.479 e. The van der Waals surface area contributed by atoms with Crippen molar-refractivity contribution in [2.45, 2.75) is 128 Å². The SMILES string of the molecule is CC1CCC2(C(=O)OCN3C=CCN3)CCC3C(=CCC4C3(C)CCC3C4(C)CCC(C4OC(C(=O)O)C(O)C(O)C4O)[C@@]3(C)O)C2C1. The van der Waals surface area contributed by atoms with Crippen molar-refractivity contribution >= 4 is 11.9 Å². The van der Waals surface area contributed by atoms with Gasteiger partial charge >= 0.3 is 11.9 Å². The van der Waals surface area contributed by atoms with Crippen molar-refractivity contribution in [2.24, 2.45) is 51.8 Å². The molecule has 11 heteroatoms. The standard InChI is InChI=1S/C37H56N2O9/c1-20-8-14-37(33(45)47-19-39-17-5-16-38-39)15-10-22-21(24(37)18-20)6-7-25-34(22,2)13-11-26-35(25,3)12-9-23(36(26,4)46)30-28(41)27(40)29(42)31(48-30)32(43)44/h5-6,17,20,22-31,38,40-42,46H,7-16,18-19H2,1-4H3,(H,43,44)/t20?,22?,23?,24?,25?,26?,27?,28?,29?,30?,31?,34?,35?,36-,37?/m1/s1. The van der Waals surface area contributed by atoms with Crippen molar-refractivity contribution in [3.8, 4) is 0 Å². The largest absolute Gasteiger partial charge is 0.479 e. The third-order valence-corrected chi connectivity index (χ3v) is 15.0. The van der Waals surface area contributed by atoms with E-state index in [0.29, 0.717) is 24.2 Å². The summed E-state index contributed by atoms with van der Waals surface area (Å²) in [5.74, 6) is -0.832. The molecule has 0 aromatic rings. The maximum atomic E-state index is 14.0. The quantitative estimate of drug-likeness (QED) is 0.188. The molecule has 1 saturated heterocycles. The van der Waals surface area contributed by atoms with Gasteiger partial charge in [0.05, 0.1) is 17.1 Å². The first-order chi connectivity index (χ1) is 22.6. The summed E-state index contributed by atoms with van der Waals surface area (Å²) in [6.45, 7) is 9.82. The molecule has 7 rings (SSSR count). The van der Waals surface area contributed by atoms with Crippen molar-refractivity contribution in [3.63, 3.8) is 0 Å². The number of allylic oxidation sites excluding steroid dienone is 2. The van der Waals surface area contributed by atoms with Crippen LogP contribution < -0.4 is 5.43 Å². The van der Waals surface area contributed by atoms with E-state index in [4.69, 9.17) is 9.47 Å². The Labute approximate surface area is 283 Å². The molecule has 0 spiro atoms. The van der Waals surface area contributed by atoms with Crippen LogP contribution in [0.25, 0.3) is 0 Å². The molecular weight excluding hydrogens is 616 g/mol. The lowest BCUT2D eigenvalue weighted by Gasteiger charge is -2.68. The molecule has 0 bridgehead atoms. The highest BCUT2D eigenvalue weighted by Gasteiger charge is 2.67. The number of aliphatic hydroxyl groups is 4. The lowest BCUT2D eigenvalue weighted by atomic mass is 9.37. The van der Waals surface area contributed by atoms with E-state index in [2.05, 4.69) is 32.3 Å². The van der Waals surface area contributed by atoms with Crippen LogP contribution >= 0.6 is 0 Å². The van der Waals surface area contributed by atoms with Gasteiger partial charge in [-0.25, -0.2) is 10.2 Å². The van der Waals surface area contributed by atoms with Crippen LogP contribution in [0.3, 0.4) is 0 Å². The topological polar surface area (TPSA) is 169 Å². The summed E-state index contributed by atoms with van der Waals surface area (Å²) in [5.41, 5.74) is 2.64. The van der Waals surface area contributed by atoms with E-state index in [0.717, 1.165) is 64.3 Å². The average molecular weight is 673 g/mol. The van der Waals surface area contributed by atoms with Crippen molar-refractivity contribution in [1.29, 1.82) is 0 Å². The van der Waals surface area contributed by atoms with Gasteiger partial charge in [-0.15, -0.1) is 0 Å². The predicted molar refractivity (Wildman–Crippen MR) is 174 cm³/mol. The Morgan fingerprint density at radius 2 is 1.69 bits per heavy atom. The number of carbonyl (C=O) groups excluding carboxylic acids is 1. The van der Waals surface area contributed by atoms with Crippen molar-refractivity contribution in [2.75, 3.05) is 13.3 Å². The molecule has 0 amide bonds. The van der Waals surface area contributed by atoms with Gasteiger partial charge < -0.3 is 35.0 Å². The van der Waals surface area contributed by atoms with Gasteiger partial charge in [-0.2, -0.15) is 0 Å². The molecule has 2 aliphatic heterocycles. The summed E-state index contributed by atoms with van der Waals surface area (Å²) in [4.78, 5) is 25.9. The number of hydrogen-bond donors (Lipinski definition) is 6. The zero-order valence-corrected chi connectivity index (χ0v) is 28.9. The summed E-state index contributed by atoms with van der Waals surface area (Å²) in [6, 6.07) is 0. The molecule has 0 aromatic carbocycles. The van der Waals surface area contributed by atoms with E-state index in [1.165, 1.54) is 5.57 Å². The fourth-order valence-corrected chi connectivity index (χ4v) is 12.5. The van der Waals surface area contributed by atoms with Crippen molar-refractivity contribution in [3.05, 3.63) is 23.9 Å². The fraction of sp³-hybridized carbons (Fsp3) is 0.838. The zero-order chi connectivity index (χ0) is 34.4. The van der Waals surface area contributed by atoms with E-state index < -0.39 is 53.4 Å². The Hall–Kier alpha value is -2.02. The van der Waals surface area contributed by atoms with Gasteiger partial charge in [-0.05, 0) is 112 Å². The van der Waals surface area contributed by atoms with Crippen LogP contribution in [0.2, 0.25) is 0 Å². The van der Waals surface area contributed by atoms with Gasteiger partial charge in [-0.3, -0.25) is 9.80 Å². The number of carboxylic acids is 1. The Morgan fingerprint density at radius 1 is 0.958 bits per heavy atom. The predicted octanol–water partition coefficient (Wildman–Crippen LogP) is 3.12. The molecule has 5 aliphatic carbocycles. The minimum atomic E-state index is -1.76. The van der Waals surface area contributed by atoms with Crippen molar-refractivity contribution in [1.82, 2.24) is 10.4 Å². The van der Waals surface area contributed by atoms with Gasteiger partial charge in [0.2, 0.25) is 0 Å². The van der Waals surface area contributed by atoms with E-state index >= 15 is 0 Å². The van der Waals surface area contributed by atoms with Crippen LogP contribution in [-0.2, 0) is 19.1 Å². The second-order valence-electron chi connectivity index (χ2n) is 17.3. The minimum absolute atomic E-state index is 0.00513. The summed E-state index contributed by atoms with van der Waals surface area (Å²) in [6.07, 6.45) is 7.14. The molecule has 15 atom stereocenters. The summed E-state index contributed by atoms with van der Waals surface area (Å²) in [7, 11) is 0. The third kappa shape index (κ3) is 5.04. The van der Waals surface area contributed by atoms with Crippen LogP contribution in [0.5, 0.6) is 0 Å². The van der Waals surface area contributed by atoms with Gasteiger partial charge in [-0.1, -0.05) is 38.5 Å². The van der Waals surface area contributed by atoms with Crippen molar-refractivity contribution < 1.29 is 44.6 Å². The van der Waals surface area contributed by atoms with Gasteiger partial charge in [0.1, 0.15) is 18.3 Å². The number of hydrazine groups is 1. The average Bonchev–Trinajstić information content (AvgIpc) is 3.56. The molecule has 0 aromatic heterocycles. The maximum absolute atomic E-state index is 14.0. The number of carbonyl (C=O) groups is 2. The second kappa shape index (κ2) is 12.0. The molecule has 14 unspecified atom stereocenters. The first-order valence-electron chi connectivity index (χ1n) is 18.3. The van der Waals surface area contributed by atoms with Crippen LogP contribution in [-0.4, -0.2) is 91.9 Å². The van der Waals surface area contributed by atoms with Crippen LogP contribution in [0.1, 0.15) is 91.9 Å². The number of nitrogens with one attached hydrogen (secondary N) is 1. The molecule has 2 heterocycles. The smallest absolute Gasteiger partial charge is 0.335 e. The number of rotatable bonds is 5. The molecule has 268 valence electrons. The molecule has 11 nitrogen and oxygen atoms in total. The fourth-order valence-electron chi connectivity index (χ4n) is 12.5. The number of nitrogens with zero attached hydrogens (tertiary/aromatic N) is 1. The highest BCUT2D eigenvalue weighted by molar-refractivity contribution is 5.78. The zero-order valence-electron chi connectivity index (χ0n) is 28.9. The first kappa shape index (κ1) is 34.4. The molecule has 48 heavy (non-hydrogen) atoms. The number of esters is 1. The molecule has 0 radical (unpaired) electrons. The maximum Gasteiger partial charge on any atom is 0.335 e. The number of carboxylic acid groups (broad SMARTS) is 1. The Balaban J connectivity index is 1.15. The second-order valence-corrected chi connectivity index (χ2v) is 17.3. The molecule has 5 fully saturated rings. The van der Waals surface area contributed by atoms with E-state index in [9.17, 15) is 35.1 Å². The number of aliphatic carboxylic acids is 1. The van der Waals surface area contributed by atoms with Crippen LogP contribution in [0.4, 0.5) is 0 Å². The molecule has 4 saturated carbocycles. The third-order valence-electron chi connectivity index (χ3n) is 15.0. The normalized spacial score (nSPS) is 51.5.